The highest BCUT2D eigenvalue weighted by Crippen LogP contribution is 2.51. The van der Waals surface area contributed by atoms with Crippen LogP contribution in [-0.2, 0) is 4.79 Å². The van der Waals surface area contributed by atoms with E-state index in [1.54, 1.807) is 11.9 Å². The van der Waals surface area contributed by atoms with Crippen molar-refractivity contribution in [2.24, 2.45) is 17.6 Å². The van der Waals surface area contributed by atoms with Gasteiger partial charge in [0.2, 0.25) is 5.91 Å². The molecular formula is C16H30N2OS. The Kier molecular flexibility index (Phi) is 7.67. The van der Waals surface area contributed by atoms with Crippen molar-refractivity contribution in [1.29, 1.82) is 0 Å². The van der Waals surface area contributed by atoms with Crippen LogP contribution in [0.1, 0.15) is 58.3 Å². The fraction of sp³-hybridized carbons (Fsp3) is 0.812. The summed E-state index contributed by atoms with van der Waals surface area (Å²) in [5.74, 6) is 1.26. The molecule has 0 bridgehead atoms. The molecule has 0 aliphatic heterocycles. The Hall–Kier alpha value is -0.480. The van der Waals surface area contributed by atoms with Crippen LogP contribution in [0.3, 0.4) is 0 Å². The smallest absolute Gasteiger partial charge is 0.233 e. The summed E-state index contributed by atoms with van der Waals surface area (Å²) in [5, 5.41) is 0. The minimum absolute atomic E-state index is 0.282. The van der Waals surface area contributed by atoms with Gasteiger partial charge in [0.25, 0.3) is 0 Å². The molecule has 1 unspecified atom stereocenters. The monoisotopic (exact) mass is 298 g/mol. The van der Waals surface area contributed by atoms with Crippen molar-refractivity contribution in [3.05, 3.63) is 12.7 Å². The van der Waals surface area contributed by atoms with E-state index >= 15 is 0 Å². The number of carbonyl (C=O) groups is 1. The molecule has 0 spiro atoms. The fourth-order valence-electron chi connectivity index (χ4n) is 2.53. The van der Waals surface area contributed by atoms with E-state index in [9.17, 15) is 4.79 Å². The summed E-state index contributed by atoms with van der Waals surface area (Å²) in [4.78, 5) is 11.9. The molecule has 4 heteroatoms. The molecule has 2 rings (SSSR count). The lowest BCUT2D eigenvalue weighted by atomic mass is 10.1. The summed E-state index contributed by atoms with van der Waals surface area (Å²) < 4.78 is 3.49. The molecule has 3 N–H and O–H groups in total. The highest BCUT2D eigenvalue weighted by Gasteiger charge is 2.46. The van der Waals surface area contributed by atoms with Gasteiger partial charge < -0.3 is 5.73 Å². The average molecular weight is 298 g/mol. The molecule has 3 nitrogen and oxygen atoms in total. The summed E-state index contributed by atoms with van der Waals surface area (Å²) in [6.07, 6.45) is 11.6. The first kappa shape index (κ1) is 17.6. The standard InChI is InChI=1S/C15H25NOS.CH5N/c1-3-5-6-7-8-15(9-10-15)18-16-14(17)13-11-12(13)4-2;1-2/h3,12-13H,1,4-11H2,2H3,(H,16,17);2H2,1H3/t12?,13-;/m0./s1. The van der Waals surface area contributed by atoms with E-state index in [1.807, 2.05) is 6.08 Å². The van der Waals surface area contributed by atoms with Gasteiger partial charge in [-0.2, -0.15) is 0 Å². The molecule has 1 amide bonds. The van der Waals surface area contributed by atoms with Gasteiger partial charge in [-0.25, -0.2) is 0 Å². The number of amides is 1. The van der Waals surface area contributed by atoms with Gasteiger partial charge in [0.05, 0.1) is 0 Å². The maximum absolute atomic E-state index is 11.9. The van der Waals surface area contributed by atoms with Crippen LogP contribution in [0.5, 0.6) is 0 Å². The second kappa shape index (κ2) is 8.73. The highest BCUT2D eigenvalue weighted by molar-refractivity contribution is 7.99. The largest absolute Gasteiger partial charge is 0.333 e. The summed E-state index contributed by atoms with van der Waals surface area (Å²) in [5.41, 5.74) is 4.50. The van der Waals surface area contributed by atoms with E-state index < -0.39 is 0 Å². The van der Waals surface area contributed by atoms with Gasteiger partial charge in [-0.3, -0.25) is 9.52 Å². The van der Waals surface area contributed by atoms with Gasteiger partial charge in [-0.05, 0) is 63.4 Å². The first-order valence-corrected chi connectivity index (χ1v) is 8.69. The Morgan fingerprint density at radius 1 is 1.45 bits per heavy atom. The van der Waals surface area contributed by atoms with E-state index in [4.69, 9.17) is 0 Å². The van der Waals surface area contributed by atoms with Crippen LogP contribution in [0.4, 0.5) is 0 Å². The Morgan fingerprint density at radius 2 is 2.15 bits per heavy atom. The van der Waals surface area contributed by atoms with Gasteiger partial charge in [-0.1, -0.05) is 25.8 Å². The summed E-state index contributed by atoms with van der Waals surface area (Å²) in [7, 11) is 1.50. The normalized spacial score (nSPS) is 25.1. The lowest BCUT2D eigenvalue weighted by molar-refractivity contribution is -0.120. The van der Waals surface area contributed by atoms with Crippen molar-refractivity contribution in [2.75, 3.05) is 7.05 Å². The predicted octanol–water partition coefficient (Wildman–Crippen LogP) is 3.65. The Bertz CT molecular complexity index is 316. The molecule has 0 aromatic rings. The third-order valence-electron chi connectivity index (χ3n) is 4.25. The number of nitrogens with one attached hydrogen (secondary N) is 1. The molecule has 0 saturated heterocycles. The number of rotatable bonds is 9. The van der Waals surface area contributed by atoms with Crippen LogP contribution in [0.2, 0.25) is 0 Å². The zero-order valence-corrected chi connectivity index (χ0v) is 13.8. The lowest BCUT2D eigenvalue weighted by Crippen LogP contribution is -2.23. The Balaban J connectivity index is 0.000000956. The van der Waals surface area contributed by atoms with Gasteiger partial charge in [0, 0.05) is 10.7 Å². The Morgan fingerprint density at radius 3 is 2.65 bits per heavy atom. The number of hydrogen-bond donors (Lipinski definition) is 2. The van der Waals surface area contributed by atoms with Gasteiger partial charge >= 0.3 is 0 Å². The minimum atomic E-state index is 0.282. The Labute approximate surface area is 128 Å². The van der Waals surface area contributed by atoms with E-state index in [0.29, 0.717) is 16.6 Å². The summed E-state index contributed by atoms with van der Waals surface area (Å²) >= 11 is 1.71. The van der Waals surface area contributed by atoms with Crippen LogP contribution >= 0.6 is 11.9 Å². The van der Waals surface area contributed by atoms with Crippen molar-refractivity contribution >= 4 is 17.9 Å². The third-order valence-corrected chi connectivity index (χ3v) is 5.60. The molecule has 20 heavy (non-hydrogen) atoms. The van der Waals surface area contributed by atoms with Crippen LogP contribution in [-0.4, -0.2) is 17.7 Å². The van der Waals surface area contributed by atoms with E-state index in [-0.39, 0.29) is 5.91 Å². The number of hydrogen-bond acceptors (Lipinski definition) is 3. The topological polar surface area (TPSA) is 55.1 Å². The number of allylic oxidation sites excluding steroid dienone is 1. The first-order chi connectivity index (χ1) is 9.71. The molecule has 2 aliphatic rings. The van der Waals surface area contributed by atoms with E-state index in [2.05, 4.69) is 24.0 Å². The van der Waals surface area contributed by atoms with Crippen LogP contribution in [0, 0.1) is 11.8 Å². The molecule has 116 valence electrons. The zero-order valence-electron chi connectivity index (χ0n) is 13.0. The molecule has 2 saturated carbocycles. The number of unbranched alkanes of at least 4 members (excludes halogenated alkanes) is 2. The molecule has 0 heterocycles. The molecule has 0 aromatic heterocycles. The van der Waals surface area contributed by atoms with Crippen molar-refractivity contribution < 1.29 is 4.79 Å². The third kappa shape index (κ3) is 5.49. The van der Waals surface area contributed by atoms with Crippen molar-refractivity contribution in [1.82, 2.24) is 4.72 Å². The van der Waals surface area contributed by atoms with Crippen LogP contribution < -0.4 is 10.5 Å². The molecule has 2 fully saturated rings. The molecule has 2 aliphatic carbocycles. The summed E-state index contributed by atoms with van der Waals surface area (Å²) in [6, 6.07) is 0. The minimum Gasteiger partial charge on any atom is -0.333 e. The molecule has 2 atom stereocenters. The molecule has 0 radical (unpaired) electrons. The van der Waals surface area contributed by atoms with Crippen molar-refractivity contribution in [3.63, 3.8) is 0 Å². The highest BCUT2D eigenvalue weighted by atomic mass is 32.2. The maximum atomic E-state index is 11.9. The zero-order chi connectivity index (χ0) is 15.0. The second-order valence-electron chi connectivity index (χ2n) is 5.80. The van der Waals surface area contributed by atoms with E-state index in [0.717, 1.165) is 19.3 Å². The molecular weight excluding hydrogens is 268 g/mol. The lowest BCUT2D eigenvalue weighted by Gasteiger charge is -2.14. The van der Waals surface area contributed by atoms with Crippen LogP contribution in [0.25, 0.3) is 0 Å². The number of carbonyl (C=O) groups excluding carboxylic acids is 1. The quantitative estimate of drug-likeness (QED) is 0.388. The maximum Gasteiger partial charge on any atom is 0.233 e. The summed E-state index contributed by atoms with van der Waals surface area (Å²) in [6.45, 7) is 5.92. The van der Waals surface area contributed by atoms with Crippen LogP contribution in [0.15, 0.2) is 12.7 Å². The first-order valence-electron chi connectivity index (χ1n) is 7.87. The van der Waals surface area contributed by atoms with Gasteiger partial charge in [0.1, 0.15) is 0 Å². The molecule has 0 aromatic carbocycles. The van der Waals surface area contributed by atoms with Crippen molar-refractivity contribution in [2.45, 2.75) is 63.0 Å². The van der Waals surface area contributed by atoms with Crippen molar-refractivity contribution in [3.8, 4) is 0 Å². The second-order valence-corrected chi connectivity index (χ2v) is 7.07. The average Bonchev–Trinajstić information content (AvgIpc) is 3.38. The van der Waals surface area contributed by atoms with E-state index in [1.165, 1.54) is 39.2 Å². The SMILES string of the molecule is C=CCCCCC1(SNC(=O)[C@H]2CC2CC)CC1.CN. The fourth-order valence-corrected chi connectivity index (χ4v) is 3.55. The van der Waals surface area contributed by atoms with Gasteiger partial charge in [0.15, 0.2) is 0 Å². The van der Waals surface area contributed by atoms with Gasteiger partial charge in [-0.15, -0.1) is 6.58 Å². The predicted molar refractivity (Wildman–Crippen MR) is 88.4 cm³/mol. The number of nitrogens with two attached hydrogens (primary N) is 1.